The van der Waals surface area contributed by atoms with Crippen LogP contribution in [0.1, 0.15) is 33.6 Å². The first-order valence-corrected chi connectivity index (χ1v) is 11.7. The fourth-order valence-electron chi connectivity index (χ4n) is 2.79. The first-order valence-electron chi connectivity index (χ1n) is 8.70. The van der Waals surface area contributed by atoms with Gasteiger partial charge in [0.25, 0.3) is 0 Å². The van der Waals surface area contributed by atoms with Crippen LogP contribution in [0.15, 0.2) is 41.3 Å². The molecular formula is C19H23F3O4S2. The zero-order valence-electron chi connectivity index (χ0n) is 15.9. The van der Waals surface area contributed by atoms with Crippen LogP contribution >= 0.6 is 0 Å². The van der Waals surface area contributed by atoms with Gasteiger partial charge < -0.3 is 9.29 Å². The lowest BCUT2D eigenvalue weighted by Crippen LogP contribution is -2.23. The van der Waals surface area contributed by atoms with E-state index in [0.717, 1.165) is 5.75 Å². The van der Waals surface area contributed by atoms with E-state index in [4.69, 9.17) is 17.7 Å². The van der Waals surface area contributed by atoms with Crippen molar-refractivity contribution in [3.05, 3.63) is 36.4 Å². The average molecular weight is 437 g/mol. The second kappa shape index (κ2) is 8.51. The van der Waals surface area contributed by atoms with Crippen molar-refractivity contribution < 1.29 is 30.9 Å². The number of benzene rings is 2. The van der Waals surface area contributed by atoms with Crippen molar-refractivity contribution in [1.29, 1.82) is 0 Å². The molecule has 0 aromatic heterocycles. The monoisotopic (exact) mass is 436 g/mol. The lowest BCUT2D eigenvalue weighted by atomic mass is 10.1. The van der Waals surface area contributed by atoms with E-state index in [1.165, 1.54) is 35.1 Å². The van der Waals surface area contributed by atoms with Gasteiger partial charge in [0.1, 0.15) is 22.9 Å². The molecule has 1 aliphatic heterocycles. The standard InChI is InChI=1S/C18H23OS.CHF3O3S/c1-18(2,3)19-16-10-11-17(20-12-6-7-13-20)15-9-5-4-8-14(15)16;2-1(3,4)8(5,6)7/h4-5,8-11H,6-7,12-13H2,1-3H3;(H,5,6,7)/q+1;/p-1. The molecule has 0 radical (unpaired) electrons. The highest BCUT2D eigenvalue weighted by molar-refractivity contribution is 7.97. The lowest BCUT2D eigenvalue weighted by Gasteiger charge is -2.22. The van der Waals surface area contributed by atoms with Crippen molar-refractivity contribution in [2.75, 3.05) is 11.5 Å². The molecule has 0 amide bonds. The fraction of sp³-hybridized carbons (Fsp3) is 0.474. The minimum absolute atomic E-state index is 0.153. The van der Waals surface area contributed by atoms with E-state index in [9.17, 15) is 13.2 Å². The Hall–Kier alpha value is -1.45. The van der Waals surface area contributed by atoms with E-state index >= 15 is 0 Å². The molecule has 1 fully saturated rings. The predicted octanol–water partition coefficient (Wildman–Crippen LogP) is 4.84. The van der Waals surface area contributed by atoms with Crippen LogP contribution in [0.3, 0.4) is 0 Å². The number of alkyl halides is 3. The Morgan fingerprint density at radius 3 is 1.93 bits per heavy atom. The minimum atomic E-state index is -6.09. The molecule has 2 aromatic carbocycles. The SMILES string of the molecule is CC(C)(C)Oc1ccc([S+]2CCCC2)c2ccccc12.O=S(=O)([O-])C(F)(F)F. The van der Waals surface area contributed by atoms with Crippen molar-refractivity contribution >= 4 is 31.8 Å². The molecule has 4 nitrogen and oxygen atoms in total. The number of hydrogen-bond donors (Lipinski definition) is 0. The van der Waals surface area contributed by atoms with E-state index in [1.54, 1.807) is 4.90 Å². The van der Waals surface area contributed by atoms with E-state index in [-0.39, 0.29) is 5.60 Å². The molecule has 1 heterocycles. The number of fused-ring (bicyclic) bond motifs is 1. The van der Waals surface area contributed by atoms with E-state index < -0.39 is 15.6 Å². The zero-order chi connectivity index (χ0) is 21.2. The Balaban J connectivity index is 0.000000300. The molecule has 0 saturated carbocycles. The van der Waals surface area contributed by atoms with Gasteiger partial charge in [-0.1, -0.05) is 18.2 Å². The average Bonchev–Trinajstić information content (AvgIpc) is 3.07. The summed E-state index contributed by atoms with van der Waals surface area (Å²) in [6.45, 7) is 6.32. The van der Waals surface area contributed by atoms with Gasteiger partial charge in [0.05, 0.1) is 0 Å². The third-order valence-electron chi connectivity index (χ3n) is 3.89. The Bertz CT molecular complexity index is 913. The molecule has 0 N–H and O–H groups in total. The van der Waals surface area contributed by atoms with Gasteiger partial charge in [-0.05, 0) is 51.8 Å². The first-order chi connectivity index (χ1) is 12.8. The van der Waals surface area contributed by atoms with Crippen molar-refractivity contribution in [2.24, 2.45) is 0 Å². The summed E-state index contributed by atoms with van der Waals surface area (Å²) in [5, 5.41) is 2.65. The number of halogens is 3. The summed E-state index contributed by atoms with van der Waals surface area (Å²) in [6.07, 6.45) is 2.77. The molecule has 28 heavy (non-hydrogen) atoms. The minimum Gasteiger partial charge on any atom is -0.741 e. The Morgan fingerprint density at radius 1 is 0.964 bits per heavy atom. The maximum atomic E-state index is 10.7. The van der Waals surface area contributed by atoms with Gasteiger partial charge in [-0.3, -0.25) is 0 Å². The van der Waals surface area contributed by atoms with Crippen LogP contribution in [0.5, 0.6) is 5.75 Å². The van der Waals surface area contributed by atoms with Crippen molar-refractivity contribution in [1.82, 2.24) is 0 Å². The molecule has 0 bridgehead atoms. The molecular weight excluding hydrogens is 413 g/mol. The second-order valence-corrected chi connectivity index (χ2v) is 10.9. The Kier molecular flexibility index (Phi) is 6.94. The zero-order valence-corrected chi connectivity index (χ0v) is 17.5. The van der Waals surface area contributed by atoms with Gasteiger partial charge in [-0.15, -0.1) is 0 Å². The van der Waals surface area contributed by atoms with Gasteiger partial charge in [0.2, 0.25) is 0 Å². The van der Waals surface area contributed by atoms with Gasteiger partial charge in [0.15, 0.2) is 15.0 Å². The third kappa shape index (κ3) is 6.02. The molecule has 3 rings (SSSR count). The number of ether oxygens (including phenoxy) is 1. The quantitative estimate of drug-likeness (QED) is 0.384. The van der Waals surface area contributed by atoms with Gasteiger partial charge >= 0.3 is 5.51 Å². The molecule has 2 aromatic rings. The largest absolute Gasteiger partial charge is 0.741 e. The normalized spacial score (nSPS) is 16.0. The van der Waals surface area contributed by atoms with Crippen LogP contribution in [0.4, 0.5) is 13.2 Å². The molecule has 1 aliphatic rings. The highest BCUT2D eigenvalue weighted by Gasteiger charge is 2.37. The van der Waals surface area contributed by atoms with E-state index in [0.29, 0.717) is 10.9 Å². The second-order valence-electron chi connectivity index (χ2n) is 7.33. The van der Waals surface area contributed by atoms with Crippen molar-refractivity contribution in [3.63, 3.8) is 0 Å². The van der Waals surface area contributed by atoms with Crippen LogP contribution in [0.25, 0.3) is 10.8 Å². The molecule has 9 heteroatoms. The van der Waals surface area contributed by atoms with Crippen molar-refractivity contribution in [3.8, 4) is 5.75 Å². The van der Waals surface area contributed by atoms with Crippen LogP contribution in [-0.2, 0) is 21.0 Å². The van der Waals surface area contributed by atoms with E-state index in [2.05, 4.69) is 57.2 Å². The Labute approximate surface area is 166 Å². The Morgan fingerprint density at radius 2 is 1.46 bits per heavy atom. The number of hydrogen-bond acceptors (Lipinski definition) is 4. The summed E-state index contributed by atoms with van der Waals surface area (Å²) >= 11 is 0. The highest BCUT2D eigenvalue weighted by atomic mass is 32.2. The molecule has 0 unspecified atom stereocenters. The maximum Gasteiger partial charge on any atom is 0.485 e. The summed E-state index contributed by atoms with van der Waals surface area (Å²) in [7, 11) is -5.64. The molecule has 156 valence electrons. The summed E-state index contributed by atoms with van der Waals surface area (Å²) < 4.78 is 65.0. The summed E-state index contributed by atoms with van der Waals surface area (Å²) in [5.41, 5.74) is -5.80. The smallest absolute Gasteiger partial charge is 0.485 e. The number of rotatable bonds is 2. The molecule has 0 spiro atoms. The summed E-state index contributed by atoms with van der Waals surface area (Å²) in [6, 6.07) is 13.2. The third-order valence-corrected chi connectivity index (χ3v) is 6.99. The maximum absolute atomic E-state index is 10.7. The van der Waals surface area contributed by atoms with Crippen molar-refractivity contribution in [2.45, 2.75) is 49.6 Å². The fourth-order valence-corrected chi connectivity index (χ4v) is 5.29. The highest BCUT2D eigenvalue weighted by Crippen LogP contribution is 2.35. The molecule has 0 atom stereocenters. The summed E-state index contributed by atoms with van der Waals surface area (Å²) in [4.78, 5) is 1.54. The first kappa shape index (κ1) is 22.8. The van der Waals surface area contributed by atoms with Crippen LogP contribution in [-0.4, -0.2) is 35.6 Å². The molecule has 0 aliphatic carbocycles. The van der Waals surface area contributed by atoms with Gasteiger partial charge in [0, 0.05) is 21.7 Å². The predicted molar refractivity (Wildman–Crippen MR) is 105 cm³/mol. The van der Waals surface area contributed by atoms with Crippen LogP contribution < -0.4 is 4.74 Å². The molecule has 1 saturated heterocycles. The van der Waals surface area contributed by atoms with Crippen LogP contribution in [0, 0.1) is 0 Å². The van der Waals surface area contributed by atoms with Gasteiger partial charge in [-0.2, -0.15) is 13.2 Å². The van der Waals surface area contributed by atoms with E-state index in [1.807, 2.05) is 0 Å². The van der Waals surface area contributed by atoms with Gasteiger partial charge in [-0.25, -0.2) is 8.42 Å². The topological polar surface area (TPSA) is 66.4 Å². The lowest BCUT2D eigenvalue weighted by molar-refractivity contribution is -0.0517. The summed E-state index contributed by atoms with van der Waals surface area (Å²) in [5.74, 6) is 3.74. The van der Waals surface area contributed by atoms with Crippen LogP contribution in [0.2, 0.25) is 0 Å².